The van der Waals surface area contributed by atoms with E-state index in [1.807, 2.05) is 18.3 Å². The molecule has 0 saturated carbocycles. The molecule has 0 aromatic carbocycles. The number of hydrogen-bond acceptors (Lipinski definition) is 4. The van der Waals surface area contributed by atoms with Gasteiger partial charge in [0.1, 0.15) is 5.82 Å². The van der Waals surface area contributed by atoms with Crippen LogP contribution in [0, 0.1) is 5.92 Å². The van der Waals surface area contributed by atoms with Crippen molar-refractivity contribution in [2.75, 3.05) is 18.0 Å². The highest BCUT2D eigenvalue weighted by atomic mass is 35.5. The fourth-order valence-electron chi connectivity index (χ4n) is 2.68. The van der Waals surface area contributed by atoms with Crippen LogP contribution in [0.4, 0.5) is 5.82 Å². The second-order valence-corrected chi connectivity index (χ2v) is 6.33. The van der Waals surface area contributed by atoms with Gasteiger partial charge in [0.15, 0.2) is 0 Å². The van der Waals surface area contributed by atoms with Gasteiger partial charge in [-0.05, 0) is 48.1 Å². The zero-order valence-electron chi connectivity index (χ0n) is 13.1. The van der Waals surface area contributed by atoms with Crippen LogP contribution in [0.1, 0.15) is 35.7 Å². The fraction of sp³-hybridized carbons (Fsp3) is 0.412. The zero-order chi connectivity index (χ0) is 16.2. The highest BCUT2D eigenvalue weighted by molar-refractivity contribution is 6.32. The van der Waals surface area contributed by atoms with Gasteiger partial charge in [0.2, 0.25) is 5.22 Å². The number of carbonyl (C=O) groups excluding carboxylic acids is 1. The van der Waals surface area contributed by atoms with E-state index in [0.717, 1.165) is 30.4 Å². The van der Waals surface area contributed by atoms with Gasteiger partial charge in [-0.1, -0.05) is 13.0 Å². The number of halogens is 1. The van der Waals surface area contributed by atoms with Crippen molar-refractivity contribution in [2.24, 2.45) is 5.92 Å². The number of rotatable bonds is 4. The fourth-order valence-corrected chi connectivity index (χ4v) is 2.88. The molecule has 1 amide bonds. The maximum Gasteiger partial charge on any atom is 0.256 e. The summed E-state index contributed by atoms with van der Waals surface area (Å²) in [5, 5.41) is 2.92. The van der Waals surface area contributed by atoms with E-state index in [-0.39, 0.29) is 11.1 Å². The molecule has 1 N–H and O–H groups in total. The number of aromatic nitrogens is 1. The SMILES string of the molecule is CC1CCN(c2ccc(CNC(=O)c3ccoc3Cl)cn2)CC1. The van der Waals surface area contributed by atoms with Crippen LogP contribution in [0.25, 0.3) is 0 Å². The van der Waals surface area contributed by atoms with E-state index in [0.29, 0.717) is 12.1 Å². The lowest BCUT2D eigenvalue weighted by Crippen LogP contribution is -2.33. The van der Waals surface area contributed by atoms with Crippen molar-refractivity contribution in [1.82, 2.24) is 10.3 Å². The quantitative estimate of drug-likeness (QED) is 0.930. The van der Waals surface area contributed by atoms with Crippen LogP contribution in [-0.4, -0.2) is 24.0 Å². The van der Waals surface area contributed by atoms with E-state index >= 15 is 0 Å². The first-order valence-corrected chi connectivity index (χ1v) is 8.22. The molecule has 1 aliphatic heterocycles. The third-order valence-corrected chi connectivity index (χ3v) is 4.53. The highest BCUT2D eigenvalue weighted by Gasteiger charge is 2.17. The lowest BCUT2D eigenvalue weighted by molar-refractivity contribution is 0.0950. The van der Waals surface area contributed by atoms with Gasteiger partial charge in [-0.2, -0.15) is 0 Å². The number of nitrogens with one attached hydrogen (secondary N) is 1. The predicted octanol–water partition coefficient (Wildman–Crippen LogP) is 3.49. The molecule has 0 bridgehead atoms. The van der Waals surface area contributed by atoms with Crippen molar-refractivity contribution < 1.29 is 9.21 Å². The van der Waals surface area contributed by atoms with Crippen molar-refractivity contribution in [3.8, 4) is 0 Å². The van der Waals surface area contributed by atoms with Crippen molar-refractivity contribution in [2.45, 2.75) is 26.3 Å². The number of amides is 1. The summed E-state index contributed by atoms with van der Waals surface area (Å²) in [7, 11) is 0. The van der Waals surface area contributed by atoms with Gasteiger partial charge >= 0.3 is 0 Å². The summed E-state index contributed by atoms with van der Waals surface area (Å²) in [6.07, 6.45) is 5.63. The molecule has 2 aromatic rings. The van der Waals surface area contributed by atoms with Crippen molar-refractivity contribution in [3.63, 3.8) is 0 Å². The minimum Gasteiger partial charge on any atom is -0.452 e. The molecule has 0 spiro atoms. The van der Waals surface area contributed by atoms with E-state index in [4.69, 9.17) is 16.0 Å². The molecule has 0 radical (unpaired) electrons. The smallest absolute Gasteiger partial charge is 0.256 e. The predicted molar refractivity (Wildman–Crippen MR) is 89.7 cm³/mol. The summed E-state index contributed by atoms with van der Waals surface area (Å²) in [5.74, 6) is 1.55. The summed E-state index contributed by atoms with van der Waals surface area (Å²) >= 11 is 5.79. The molecule has 0 aliphatic carbocycles. The van der Waals surface area contributed by atoms with E-state index in [1.165, 1.54) is 19.1 Å². The summed E-state index contributed by atoms with van der Waals surface area (Å²) in [6.45, 7) is 4.82. The Morgan fingerprint density at radius 1 is 1.39 bits per heavy atom. The summed E-state index contributed by atoms with van der Waals surface area (Å²) in [6, 6.07) is 5.57. The molecule has 3 heterocycles. The Hall–Kier alpha value is -2.01. The lowest BCUT2D eigenvalue weighted by atomic mass is 9.99. The number of pyridine rings is 1. The molecule has 0 unspecified atom stereocenters. The van der Waals surface area contributed by atoms with Gasteiger partial charge in [-0.15, -0.1) is 0 Å². The van der Waals surface area contributed by atoms with Crippen LogP contribution in [0.5, 0.6) is 0 Å². The Morgan fingerprint density at radius 2 is 2.17 bits per heavy atom. The average Bonchev–Trinajstić information content (AvgIpc) is 3.00. The number of piperidine rings is 1. The van der Waals surface area contributed by atoms with E-state index in [1.54, 1.807) is 6.07 Å². The first-order valence-electron chi connectivity index (χ1n) is 7.84. The van der Waals surface area contributed by atoms with Crippen LogP contribution in [0.2, 0.25) is 5.22 Å². The second-order valence-electron chi connectivity index (χ2n) is 5.98. The summed E-state index contributed by atoms with van der Waals surface area (Å²) in [5.41, 5.74) is 1.30. The zero-order valence-corrected chi connectivity index (χ0v) is 13.8. The van der Waals surface area contributed by atoms with Crippen molar-refractivity contribution >= 4 is 23.3 Å². The van der Waals surface area contributed by atoms with Gasteiger partial charge in [0.25, 0.3) is 5.91 Å². The van der Waals surface area contributed by atoms with Crippen LogP contribution in [-0.2, 0) is 6.54 Å². The first-order chi connectivity index (χ1) is 11.1. The number of nitrogens with zero attached hydrogens (tertiary/aromatic N) is 2. The van der Waals surface area contributed by atoms with E-state index < -0.39 is 0 Å². The Bertz CT molecular complexity index is 661. The second kappa shape index (κ2) is 7.04. The number of hydrogen-bond donors (Lipinski definition) is 1. The third-order valence-electron chi connectivity index (χ3n) is 4.23. The molecule has 5 nitrogen and oxygen atoms in total. The molecule has 2 aromatic heterocycles. The molecular weight excluding hydrogens is 314 g/mol. The minimum atomic E-state index is -0.252. The average molecular weight is 334 g/mol. The molecule has 1 aliphatic rings. The highest BCUT2D eigenvalue weighted by Crippen LogP contribution is 2.21. The van der Waals surface area contributed by atoms with Crippen LogP contribution >= 0.6 is 11.6 Å². The lowest BCUT2D eigenvalue weighted by Gasteiger charge is -2.31. The van der Waals surface area contributed by atoms with Crippen LogP contribution in [0.3, 0.4) is 0 Å². The monoisotopic (exact) mass is 333 g/mol. The maximum atomic E-state index is 12.0. The number of carbonyl (C=O) groups is 1. The van der Waals surface area contributed by atoms with E-state index in [9.17, 15) is 4.79 Å². The Kier molecular flexibility index (Phi) is 4.86. The van der Waals surface area contributed by atoms with Gasteiger partial charge in [0, 0.05) is 25.8 Å². The van der Waals surface area contributed by atoms with Gasteiger partial charge in [-0.25, -0.2) is 4.98 Å². The molecule has 1 saturated heterocycles. The van der Waals surface area contributed by atoms with Gasteiger partial charge in [-0.3, -0.25) is 4.79 Å². The van der Waals surface area contributed by atoms with Gasteiger partial charge in [0.05, 0.1) is 11.8 Å². The maximum absolute atomic E-state index is 12.0. The molecule has 1 fully saturated rings. The normalized spacial score (nSPS) is 15.7. The summed E-state index contributed by atoms with van der Waals surface area (Å²) in [4.78, 5) is 18.8. The Labute approximate surface area is 140 Å². The van der Waals surface area contributed by atoms with Crippen molar-refractivity contribution in [1.29, 1.82) is 0 Å². The van der Waals surface area contributed by atoms with Crippen LogP contribution < -0.4 is 10.2 Å². The summed E-state index contributed by atoms with van der Waals surface area (Å²) < 4.78 is 4.91. The molecule has 122 valence electrons. The third kappa shape index (κ3) is 3.85. The molecule has 0 atom stereocenters. The Balaban J connectivity index is 1.55. The Morgan fingerprint density at radius 3 is 2.78 bits per heavy atom. The molecule has 23 heavy (non-hydrogen) atoms. The standard InChI is InChI=1S/C17H20ClN3O2/c1-12-4-7-21(8-5-12)15-3-2-13(10-19-15)11-20-17(22)14-6-9-23-16(14)18/h2-3,6,9-10,12H,4-5,7-8,11H2,1H3,(H,20,22). The molecule has 6 heteroatoms. The number of anilines is 1. The van der Waals surface area contributed by atoms with Crippen molar-refractivity contribution in [3.05, 3.63) is 47.0 Å². The van der Waals surface area contributed by atoms with Gasteiger partial charge < -0.3 is 14.6 Å². The molecular formula is C17H20ClN3O2. The largest absolute Gasteiger partial charge is 0.452 e. The number of furan rings is 1. The van der Waals surface area contributed by atoms with E-state index in [2.05, 4.69) is 22.1 Å². The topological polar surface area (TPSA) is 58.4 Å². The minimum absolute atomic E-state index is 0.107. The molecule has 3 rings (SSSR count). The first kappa shape index (κ1) is 15.9. The van der Waals surface area contributed by atoms with Crippen LogP contribution in [0.15, 0.2) is 35.1 Å².